The molecule has 1 heterocycles. The van der Waals surface area contributed by atoms with Crippen LogP contribution in [0.4, 0.5) is 0 Å². The van der Waals surface area contributed by atoms with Gasteiger partial charge in [0.15, 0.2) is 11.5 Å². The largest absolute Gasteiger partial charge is 0.493 e. The standard InChI is InChI=1S/C22H31N3O3/c1-15(2)28-21-13-17(10-11-20(21)27-5)14-25(18-8-6-7-9-18)22(26)19-12-16(3)23-24(19)4/h10-13,15,18H,6-9,14H2,1-5H3. The molecule has 2 aromatic rings. The third kappa shape index (κ3) is 4.49. The highest BCUT2D eigenvalue weighted by atomic mass is 16.5. The van der Waals surface area contributed by atoms with Crippen molar-refractivity contribution in [3.63, 3.8) is 0 Å². The molecule has 1 amide bonds. The van der Waals surface area contributed by atoms with E-state index in [1.54, 1.807) is 11.8 Å². The lowest BCUT2D eigenvalue weighted by Gasteiger charge is -2.29. The van der Waals surface area contributed by atoms with E-state index in [0.29, 0.717) is 23.7 Å². The molecule has 28 heavy (non-hydrogen) atoms. The van der Waals surface area contributed by atoms with Crippen LogP contribution in [0.25, 0.3) is 0 Å². The summed E-state index contributed by atoms with van der Waals surface area (Å²) in [6.45, 7) is 6.44. The van der Waals surface area contributed by atoms with Crippen molar-refractivity contribution in [1.82, 2.24) is 14.7 Å². The van der Waals surface area contributed by atoms with E-state index in [-0.39, 0.29) is 18.1 Å². The number of amides is 1. The van der Waals surface area contributed by atoms with Crippen molar-refractivity contribution in [2.24, 2.45) is 7.05 Å². The molecule has 1 aliphatic rings. The van der Waals surface area contributed by atoms with Crippen molar-refractivity contribution in [2.45, 2.75) is 65.1 Å². The normalized spacial score (nSPS) is 14.5. The predicted octanol–water partition coefficient (Wildman–Crippen LogP) is 4.11. The van der Waals surface area contributed by atoms with Gasteiger partial charge in [-0.25, -0.2) is 0 Å². The van der Waals surface area contributed by atoms with Gasteiger partial charge in [0, 0.05) is 19.6 Å². The smallest absolute Gasteiger partial charge is 0.272 e. The second-order valence-electron chi connectivity index (χ2n) is 7.82. The lowest BCUT2D eigenvalue weighted by atomic mass is 10.1. The van der Waals surface area contributed by atoms with Crippen LogP contribution in [0.15, 0.2) is 24.3 Å². The molecule has 0 saturated heterocycles. The topological polar surface area (TPSA) is 56.6 Å². The summed E-state index contributed by atoms with van der Waals surface area (Å²) in [4.78, 5) is 15.4. The van der Waals surface area contributed by atoms with Gasteiger partial charge in [0.2, 0.25) is 0 Å². The van der Waals surface area contributed by atoms with Crippen LogP contribution in [0, 0.1) is 6.92 Å². The molecule has 0 bridgehead atoms. The lowest BCUT2D eigenvalue weighted by molar-refractivity contribution is 0.0652. The summed E-state index contributed by atoms with van der Waals surface area (Å²) in [6, 6.07) is 8.04. The van der Waals surface area contributed by atoms with Crippen LogP contribution >= 0.6 is 0 Å². The van der Waals surface area contributed by atoms with E-state index in [4.69, 9.17) is 9.47 Å². The molecule has 3 rings (SSSR count). The molecule has 0 spiro atoms. The molecule has 6 nitrogen and oxygen atoms in total. The summed E-state index contributed by atoms with van der Waals surface area (Å²) in [5, 5.41) is 4.35. The number of nitrogens with zero attached hydrogens (tertiary/aromatic N) is 3. The van der Waals surface area contributed by atoms with E-state index >= 15 is 0 Å². The van der Waals surface area contributed by atoms with E-state index in [9.17, 15) is 4.79 Å². The van der Waals surface area contributed by atoms with Crippen molar-refractivity contribution in [3.8, 4) is 11.5 Å². The summed E-state index contributed by atoms with van der Waals surface area (Å²) in [5.74, 6) is 1.46. The number of carbonyl (C=O) groups is 1. The summed E-state index contributed by atoms with van der Waals surface area (Å²) >= 11 is 0. The monoisotopic (exact) mass is 385 g/mol. The average molecular weight is 386 g/mol. The first-order valence-corrected chi connectivity index (χ1v) is 10.0. The first-order chi connectivity index (χ1) is 13.4. The van der Waals surface area contributed by atoms with Crippen LogP contribution in [0.5, 0.6) is 11.5 Å². The summed E-state index contributed by atoms with van der Waals surface area (Å²) in [7, 11) is 3.47. The van der Waals surface area contributed by atoms with Crippen LogP contribution in [-0.2, 0) is 13.6 Å². The van der Waals surface area contributed by atoms with Gasteiger partial charge in [-0.2, -0.15) is 5.10 Å². The van der Waals surface area contributed by atoms with E-state index in [0.717, 1.165) is 24.1 Å². The van der Waals surface area contributed by atoms with E-state index in [1.165, 1.54) is 12.8 Å². The minimum absolute atomic E-state index is 0.0390. The number of aromatic nitrogens is 2. The van der Waals surface area contributed by atoms with Crippen molar-refractivity contribution in [3.05, 3.63) is 41.2 Å². The summed E-state index contributed by atoms with van der Waals surface area (Å²) in [5.41, 5.74) is 2.53. The predicted molar refractivity (Wildman–Crippen MR) is 109 cm³/mol. The van der Waals surface area contributed by atoms with Crippen molar-refractivity contribution in [2.75, 3.05) is 7.11 Å². The van der Waals surface area contributed by atoms with Crippen LogP contribution in [0.2, 0.25) is 0 Å². The molecule has 0 N–H and O–H groups in total. The van der Waals surface area contributed by atoms with Gasteiger partial charge in [0.1, 0.15) is 5.69 Å². The van der Waals surface area contributed by atoms with Crippen LogP contribution in [0.1, 0.15) is 61.3 Å². The Hall–Kier alpha value is -2.50. The molecule has 0 unspecified atom stereocenters. The highest BCUT2D eigenvalue weighted by molar-refractivity contribution is 5.93. The minimum Gasteiger partial charge on any atom is -0.493 e. The Morgan fingerprint density at radius 3 is 2.54 bits per heavy atom. The zero-order valence-corrected chi connectivity index (χ0v) is 17.6. The number of aryl methyl sites for hydroxylation is 2. The molecular formula is C22H31N3O3. The second kappa shape index (κ2) is 8.67. The fourth-order valence-electron chi connectivity index (χ4n) is 3.90. The maximum Gasteiger partial charge on any atom is 0.272 e. The van der Waals surface area contributed by atoms with Gasteiger partial charge in [-0.15, -0.1) is 0 Å². The third-order valence-corrected chi connectivity index (χ3v) is 5.19. The maximum absolute atomic E-state index is 13.4. The molecule has 0 aliphatic heterocycles. The number of hydrogen-bond donors (Lipinski definition) is 0. The van der Waals surface area contributed by atoms with E-state index in [2.05, 4.69) is 5.10 Å². The molecule has 1 fully saturated rings. The zero-order valence-electron chi connectivity index (χ0n) is 17.6. The molecule has 1 saturated carbocycles. The Kier molecular flexibility index (Phi) is 6.27. The molecule has 6 heteroatoms. The molecule has 152 valence electrons. The van der Waals surface area contributed by atoms with Crippen molar-refractivity contribution in [1.29, 1.82) is 0 Å². The van der Waals surface area contributed by atoms with E-state index < -0.39 is 0 Å². The summed E-state index contributed by atoms with van der Waals surface area (Å²) in [6.07, 6.45) is 4.49. The van der Waals surface area contributed by atoms with Gasteiger partial charge in [-0.3, -0.25) is 9.48 Å². The Balaban J connectivity index is 1.89. The Morgan fingerprint density at radius 2 is 1.96 bits per heavy atom. The highest BCUT2D eigenvalue weighted by Gasteiger charge is 2.29. The van der Waals surface area contributed by atoms with Crippen molar-refractivity contribution < 1.29 is 14.3 Å². The van der Waals surface area contributed by atoms with Gasteiger partial charge in [-0.05, 0) is 57.4 Å². The van der Waals surface area contributed by atoms with Crippen LogP contribution < -0.4 is 9.47 Å². The number of rotatable bonds is 7. The first-order valence-electron chi connectivity index (χ1n) is 10.0. The van der Waals surface area contributed by atoms with Gasteiger partial charge < -0.3 is 14.4 Å². The Morgan fingerprint density at radius 1 is 1.25 bits per heavy atom. The number of ether oxygens (including phenoxy) is 2. The number of hydrogen-bond acceptors (Lipinski definition) is 4. The van der Waals surface area contributed by atoms with Crippen molar-refractivity contribution >= 4 is 5.91 Å². The van der Waals surface area contributed by atoms with Crippen LogP contribution in [0.3, 0.4) is 0 Å². The fourth-order valence-corrected chi connectivity index (χ4v) is 3.90. The highest BCUT2D eigenvalue weighted by Crippen LogP contribution is 2.31. The van der Waals surface area contributed by atoms with Gasteiger partial charge in [0.05, 0.1) is 18.9 Å². The number of benzene rings is 1. The summed E-state index contributed by atoms with van der Waals surface area (Å²) < 4.78 is 13.0. The lowest BCUT2D eigenvalue weighted by Crippen LogP contribution is -2.39. The molecular weight excluding hydrogens is 354 g/mol. The first kappa shape index (κ1) is 20.2. The van der Waals surface area contributed by atoms with Gasteiger partial charge in [0.25, 0.3) is 5.91 Å². The Labute approximate surface area is 167 Å². The molecule has 1 aliphatic carbocycles. The third-order valence-electron chi connectivity index (χ3n) is 5.19. The molecule has 1 aromatic heterocycles. The fraction of sp³-hybridized carbons (Fsp3) is 0.545. The zero-order chi connectivity index (χ0) is 20.3. The van der Waals surface area contributed by atoms with E-state index in [1.807, 2.05) is 57.0 Å². The van der Waals surface area contributed by atoms with Gasteiger partial charge >= 0.3 is 0 Å². The minimum atomic E-state index is 0.0390. The van der Waals surface area contributed by atoms with Crippen LogP contribution in [-0.4, -0.2) is 39.8 Å². The number of methoxy groups -OCH3 is 1. The second-order valence-corrected chi connectivity index (χ2v) is 7.82. The average Bonchev–Trinajstić information content (AvgIpc) is 3.28. The Bertz CT molecular complexity index is 822. The quantitative estimate of drug-likeness (QED) is 0.720. The molecule has 0 atom stereocenters. The molecule has 1 aromatic carbocycles. The van der Waals surface area contributed by atoms with Gasteiger partial charge in [-0.1, -0.05) is 18.9 Å². The SMILES string of the molecule is COc1ccc(CN(C(=O)c2cc(C)nn2C)C2CCCC2)cc1OC(C)C. The number of carbonyl (C=O) groups excluding carboxylic acids is 1. The molecule has 0 radical (unpaired) electrons. The maximum atomic E-state index is 13.4.